The quantitative estimate of drug-likeness (QED) is 0.788. The molecule has 1 rings (SSSR count). The van der Waals surface area contributed by atoms with Crippen molar-refractivity contribution in [2.24, 2.45) is 5.73 Å². The molecule has 1 heterocycles. The maximum absolute atomic E-state index is 12.5. The molecule has 9 heteroatoms. The SMILES string of the molecule is NCCCn1nnc(C(=O)O)c1C(F)(F)F. The Balaban J connectivity index is 3.15. The fraction of sp³-hybridized carbons (Fsp3) is 0.571. The highest BCUT2D eigenvalue weighted by Gasteiger charge is 2.41. The molecule has 16 heavy (non-hydrogen) atoms. The lowest BCUT2D eigenvalue weighted by molar-refractivity contribution is -0.144. The molecule has 0 saturated carbocycles. The van der Waals surface area contributed by atoms with Crippen molar-refractivity contribution < 1.29 is 23.1 Å². The van der Waals surface area contributed by atoms with Crippen molar-refractivity contribution in [3.05, 3.63) is 11.4 Å². The van der Waals surface area contributed by atoms with Crippen LogP contribution in [0.15, 0.2) is 0 Å². The van der Waals surface area contributed by atoms with Crippen LogP contribution in [0.25, 0.3) is 0 Å². The van der Waals surface area contributed by atoms with Crippen LogP contribution in [0.1, 0.15) is 22.6 Å². The first-order valence-corrected chi connectivity index (χ1v) is 4.32. The van der Waals surface area contributed by atoms with Gasteiger partial charge in [0.15, 0.2) is 5.69 Å². The molecule has 0 aromatic carbocycles. The van der Waals surface area contributed by atoms with Crippen LogP contribution in [0.2, 0.25) is 0 Å². The minimum Gasteiger partial charge on any atom is -0.476 e. The number of carbonyl (C=O) groups is 1. The van der Waals surface area contributed by atoms with Gasteiger partial charge in [-0.25, -0.2) is 9.48 Å². The lowest BCUT2D eigenvalue weighted by Gasteiger charge is -2.09. The predicted octanol–water partition coefficient (Wildman–Crippen LogP) is 0.344. The topological polar surface area (TPSA) is 94.0 Å². The summed E-state index contributed by atoms with van der Waals surface area (Å²) in [7, 11) is 0. The number of rotatable bonds is 4. The molecule has 0 fully saturated rings. The summed E-state index contributed by atoms with van der Waals surface area (Å²) in [6.45, 7) is 0.0607. The van der Waals surface area contributed by atoms with Gasteiger partial charge in [-0.05, 0) is 13.0 Å². The van der Waals surface area contributed by atoms with E-state index < -0.39 is 23.5 Å². The molecule has 0 unspecified atom stereocenters. The summed E-state index contributed by atoms with van der Waals surface area (Å²) in [6.07, 6.45) is -4.54. The summed E-state index contributed by atoms with van der Waals surface area (Å²) in [5.41, 5.74) is 2.70. The summed E-state index contributed by atoms with van der Waals surface area (Å²) in [5.74, 6) is -1.76. The highest BCUT2D eigenvalue weighted by Crippen LogP contribution is 2.31. The Morgan fingerprint density at radius 1 is 1.50 bits per heavy atom. The lowest BCUT2D eigenvalue weighted by atomic mass is 10.3. The average molecular weight is 238 g/mol. The van der Waals surface area contributed by atoms with E-state index in [2.05, 4.69) is 10.3 Å². The zero-order valence-electron chi connectivity index (χ0n) is 8.03. The molecule has 0 aliphatic carbocycles. The van der Waals surface area contributed by atoms with Gasteiger partial charge in [-0.1, -0.05) is 5.21 Å². The second kappa shape index (κ2) is 4.47. The Hall–Kier alpha value is -1.64. The van der Waals surface area contributed by atoms with Gasteiger partial charge in [-0.15, -0.1) is 5.10 Å². The van der Waals surface area contributed by atoms with Gasteiger partial charge in [0.2, 0.25) is 5.69 Å². The Morgan fingerprint density at radius 2 is 2.12 bits per heavy atom. The van der Waals surface area contributed by atoms with E-state index in [1.807, 2.05) is 0 Å². The summed E-state index contributed by atoms with van der Waals surface area (Å²) < 4.78 is 38.1. The third-order valence-electron chi connectivity index (χ3n) is 1.78. The maximum atomic E-state index is 12.5. The van der Waals surface area contributed by atoms with Crippen molar-refractivity contribution in [3.8, 4) is 0 Å². The summed E-state index contributed by atoms with van der Waals surface area (Å²) >= 11 is 0. The van der Waals surface area contributed by atoms with E-state index in [0.717, 1.165) is 0 Å². The number of halogens is 3. The first-order valence-electron chi connectivity index (χ1n) is 4.32. The summed E-state index contributed by atoms with van der Waals surface area (Å²) in [6, 6.07) is 0. The Bertz CT molecular complexity index is 387. The second-order valence-corrected chi connectivity index (χ2v) is 2.95. The van der Waals surface area contributed by atoms with Gasteiger partial charge in [0.25, 0.3) is 0 Å². The minimum absolute atomic E-state index is 0.119. The zero-order valence-corrected chi connectivity index (χ0v) is 8.03. The van der Waals surface area contributed by atoms with Gasteiger partial charge < -0.3 is 10.8 Å². The summed E-state index contributed by atoms with van der Waals surface area (Å²) in [5, 5.41) is 14.7. The molecule has 0 amide bonds. The van der Waals surface area contributed by atoms with Crippen molar-refractivity contribution in [2.75, 3.05) is 6.54 Å². The van der Waals surface area contributed by atoms with Crippen LogP contribution in [0.5, 0.6) is 0 Å². The van der Waals surface area contributed by atoms with E-state index in [-0.39, 0.29) is 19.5 Å². The van der Waals surface area contributed by atoms with Crippen molar-refractivity contribution in [3.63, 3.8) is 0 Å². The van der Waals surface area contributed by atoms with Gasteiger partial charge in [0, 0.05) is 6.54 Å². The monoisotopic (exact) mass is 238 g/mol. The number of carboxylic acid groups (broad SMARTS) is 1. The van der Waals surface area contributed by atoms with Crippen LogP contribution in [-0.2, 0) is 12.7 Å². The Kier molecular flexibility index (Phi) is 3.48. The predicted molar refractivity (Wildman–Crippen MR) is 45.7 cm³/mol. The fourth-order valence-corrected chi connectivity index (χ4v) is 1.14. The minimum atomic E-state index is -4.80. The Labute approximate surface area is 87.8 Å². The van der Waals surface area contributed by atoms with Crippen molar-refractivity contribution in [1.29, 1.82) is 0 Å². The Morgan fingerprint density at radius 3 is 2.56 bits per heavy atom. The smallest absolute Gasteiger partial charge is 0.435 e. The molecule has 6 nitrogen and oxygen atoms in total. The van der Waals surface area contributed by atoms with Crippen LogP contribution in [0.3, 0.4) is 0 Å². The van der Waals surface area contributed by atoms with Crippen molar-refractivity contribution in [2.45, 2.75) is 19.1 Å². The molecule has 90 valence electrons. The van der Waals surface area contributed by atoms with Gasteiger partial charge in [0.1, 0.15) is 0 Å². The van der Waals surface area contributed by atoms with Crippen LogP contribution < -0.4 is 5.73 Å². The third kappa shape index (κ3) is 2.48. The zero-order chi connectivity index (χ0) is 12.3. The first kappa shape index (κ1) is 12.4. The van der Waals surface area contributed by atoms with E-state index in [1.54, 1.807) is 0 Å². The van der Waals surface area contributed by atoms with Crippen molar-refractivity contribution >= 4 is 5.97 Å². The van der Waals surface area contributed by atoms with Crippen LogP contribution in [0, 0.1) is 0 Å². The van der Waals surface area contributed by atoms with E-state index in [9.17, 15) is 18.0 Å². The first-order chi connectivity index (χ1) is 7.38. The molecule has 1 aromatic rings. The van der Waals surface area contributed by atoms with Crippen LogP contribution >= 0.6 is 0 Å². The molecule has 0 spiro atoms. The van der Waals surface area contributed by atoms with Crippen LogP contribution in [0.4, 0.5) is 13.2 Å². The number of nitrogens with two attached hydrogens (primary N) is 1. The molecule has 3 N–H and O–H groups in total. The van der Waals surface area contributed by atoms with Crippen molar-refractivity contribution in [1.82, 2.24) is 15.0 Å². The number of aromatic carboxylic acids is 1. The molecule has 0 aliphatic rings. The molecule has 0 bridgehead atoms. The highest BCUT2D eigenvalue weighted by atomic mass is 19.4. The normalized spacial score (nSPS) is 11.8. The second-order valence-electron chi connectivity index (χ2n) is 2.95. The van der Waals surface area contributed by atoms with E-state index in [0.29, 0.717) is 4.68 Å². The maximum Gasteiger partial charge on any atom is 0.435 e. The van der Waals surface area contributed by atoms with E-state index in [4.69, 9.17) is 10.8 Å². The highest BCUT2D eigenvalue weighted by molar-refractivity contribution is 5.86. The molecule has 0 saturated heterocycles. The average Bonchev–Trinajstić information content (AvgIpc) is 2.57. The molecular weight excluding hydrogens is 229 g/mol. The van der Waals surface area contributed by atoms with Gasteiger partial charge in [-0.3, -0.25) is 0 Å². The number of hydrogen-bond acceptors (Lipinski definition) is 4. The molecule has 1 aromatic heterocycles. The number of carboxylic acids is 1. The van der Waals surface area contributed by atoms with Gasteiger partial charge in [0.05, 0.1) is 0 Å². The van der Waals surface area contributed by atoms with E-state index >= 15 is 0 Å². The molecule has 0 atom stereocenters. The number of hydrogen-bond donors (Lipinski definition) is 2. The largest absolute Gasteiger partial charge is 0.476 e. The fourth-order valence-electron chi connectivity index (χ4n) is 1.14. The standard InChI is InChI=1S/C7H9F3N4O2/c8-7(9,10)5-4(6(15)16)12-13-14(5)3-1-2-11/h1-3,11H2,(H,15,16). The van der Waals surface area contributed by atoms with E-state index in [1.165, 1.54) is 0 Å². The summed E-state index contributed by atoms with van der Waals surface area (Å²) in [4.78, 5) is 10.5. The number of nitrogens with zero attached hydrogens (tertiary/aromatic N) is 3. The number of aromatic nitrogens is 3. The number of alkyl halides is 3. The third-order valence-corrected chi connectivity index (χ3v) is 1.78. The molecule has 0 radical (unpaired) electrons. The number of aryl methyl sites for hydroxylation is 1. The lowest BCUT2D eigenvalue weighted by Crippen LogP contribution is -2.19. The van der Waals surface area contributed by atoms with Crippen LogP contribution in [-0.4, -0.2) is 32.6 Å². The van der Waals surface area contributed by atoms with Gasteiger partial charge >= 0.3 is 12.1 Å². The molecule has 0 aliphatic heterocycles. The molecular formula is C7H9F3N4O2. The van der Waals surface area contributed by atoms with Gasteiger partial charge in [-0.2, -0.15) is 13.2 Å².